The first kappa shape index (κ1) is 21.6. The Bertz CT molecular complexity index is 961. The number of carbonyl (C=O) groups is 1. The van der Waals surface area contributed by atoms with E-state index in [0.29, 0.717) is 34.7 Å². The molecule has 2 aromatic carbocycles. The summed E-state index contributed by atoms with van der Waals surface area (Å²) in [6.45, 7) is 7.28. The van der Waals surface area contributed by atoms with E-state index in [1.165, 1.54) is 6.08 Å². The summed E-state index contributed by atoms with van der Waals surface area (Å²) in [6.07, 6.45) is 4.99. The van der Waals surface area contributed by atoms with E-state index in [4.69, 9.17) is 20.9 Å². The Hall–Kier alpha value is -3.67. The molecule has 0 aliphatic rings. The van der Waals surface area contributed by atoms with E-state index in [0.717, 1.165) is 5.56 Å². The predicted molar refractivity (Wildman–Crippen MR) is 114 cm³/mol. The second-order valence-electron chi connectivity index (χ2n) is 6.35. The van der Waals surface area contributed by atoms with Crippen LogP contribution < -0.4 is 20.9 Å². The van der Waals surface area contributed by atoms with Gasteiger partial charge in [-0.2, -0.15) is 0 Å². The van der Waals surface area contributed by atoms with Gasteiger partial charge < -0.3 is 26.0 Å². The van der Waals surface area contributed by atoms with Gasteiger partial charge in [-0.1, -0.05) is 31.7 Å². The number of allylic oxidation sites excluding steroid dienone is 3. The van der Waals surface area contributed by atoms with Crippen LogP contribution in [0.2, 0.25) is 0 Å². The van der Waals surface area contributed by atoms with Crippen molar-refractivity contribution in [2.75, 3.05) is 0 Å². The van der Waals surface area contributed by atoms with Crippen LogP contribution in [0.3, 0.4) is 0 Å². The highest BCUT2D eigenvalue weighted by molar-refractivity contribution is 5.99. The molecular formula is C23H26N2O4. The Morgan fingerprint density at radius 1 is 1.24 bits per heavy atom. The van der Waals surface area contributed by atoms with Crippen LogP contribution in [-0.2, 0) is 6.61 Å². The lowest BCUT2D eigenvalue weighted by molar-refractivity contribution is 0.0985. The molecule has 0 unspecified atom stereocenters. The average molecular weight is 394 g/mol. The van der Waals surface area contributed by atoms with Gasteiger partial charge in [0, 0.05) is 23.8 Å². The topological polar surface area (TPSA) is 108 Å². The summed E-state index contributed by atoms with van der Waals surface area (Å²) in [5.41, 5.74) is 13.7. The Balaban J connectivity index is 2.10. The highest BCUT2D eigenvalue weighted by Gasteiger charge is 2.14. The minimum atomic E-state index is -0.115. The standard InChI is InChI=1S/C23H26N2O4/c1-4-7-17(24)13-22(25)29-18-9-6-8-16(12-18)14-28-21-11-10-19(20(26)5-2)23(27)15(21)3/h4,6-13,27H,1,5,14,24-25H2,2-3H3/b17-7+,22-13+. The summed E-state index contributed by atoms with van der Waals surface area (Å²) >= 11 is 0. The second kappa shape index (κ2) is 10.0. The summed E-state index contributed by atoms with van der Waals surface area (Å²) in [6, 6.07) is 10.5. The molecule has 0 fully saturated rings. The normalized spacial score (nSPS) is 11.8. The molecule has 2 aromatic rings. The largest absolute Gasteiger partial charge is 0.507 e. The molecular weight excluding hydrogens is 368 g/mol. The van der Waals surface area contributed by atoms with Gasteiger partial charge in [-0.3, -0.25) is 4.79 Å². The fraction of sp³-hybridized carbons (Fsp3) is 0.174. The minimum Gasteiger partial charge on any atom is -0.507 e. The zero-order valence-corrected chi connectivity index (χ0v) is 16.6. The van der Waals surface area contributed by atoms with Crippen LogP contribution in [0.25, 0.3) is 0 Å². The van der Waals surface area contributed by atoms with Crippen LogP contribution in [0.15, 0.2) is 72.8 Å². The number of aromatic hydroxyl groups is 1. The van der Waals surface area contributed by atoms with Crippen molar-refractivity contribution in [3.05, 3.63) is 89.5 Å². The number of ketones is 1. The molecule has 6 nitrogen and oxygen atoms in total. The molecule has 0 aliphatic heterocycles. The Kier molecular flexibility index (Phi) is 7.48. The Labute approximate surface area is 170 Å². The van der Waals surface area contributed by atoms with E-state index in [1.807, 2.05) is 12.1 Å². The molecule has 0 saturated heterocycles. The average Bonchev–Trinajstić information content (AvgIpc) is 2.69. The van der Waals surface area contributed by atoms with E-state index in [2.05, 4.69) is 6.58 Å². The number of Topliss-reactive ketones (excluding diaryl/α,β-unsaturated/α-hetero) is 1. The molecule has 2 rings (SSSR count). The maximum atomic E-state index is 11.9. The molecule has 0 heterocycles. The zero-order chi connectivity index (χ0) is 21.4. The molecule has 0 bridgehead atoms. The number of phenolic OH excluding ortho intramolecular Hbond substituents is 1. The number of phenols is 1. The number of hydrogen-bond donors (Lipinski definition) is 3. The van der Waals surface area contributed by atoms with Gasteiger partial charge in [0.1, 0.15) is 23.9 Å². The van der Waals surface area contributed by atoms with Crippen molar-refractivity contribution in [3.63, 3.8) is 0 Å². The van der Waals surface area contributed by atoms with Gasteiger partial charge in [0.2, 0.25) is 0 Å². The highest BCUT2D eigenvalue weighted by Crippen LogP contribution is 2.31. The fourth-order valence-corrected chi connectivity index (χ4v) is 2.63. The van der Waals surface area contributed by atoms with Crippen LogP contribution in [0.5, 0.6) is 17.2 Å². The first-order chi connectivity index (χ1) is 13.8. The SMILES string of the molecule is C=C/C=C(N)\C=C(/N)Oc1cccc(COc2ccc(C(=O)CC)c(O)c2C)c1. The number of hydrogen-bond acceptors (Lipinski definition) is 6. The van der Waals surface area contributed by atoms with Crippen molar-refractivity contribution in [1.29, 1.82) is 0 Å². The summed E-state index contributed by atoms with van der Waals surface area (Å²) in [5.74, 6) is 1.03. The van der Waals surface area contributed by atoms with Crippen LogP contribution in [0.4, 0.5) is 0 Å². The maximum absolute atomic E-state index is 11.9. The van der Waals surface area contributed by atoms with E-state index < -0.39 is 0 Å². The Morgan fingerprint density at radius 3 is 2.69 bits per heavy atom. The van der Waals surface area contributed by atoms with Gasteiger partial charge in [0.15, 0.2) is 11.7 Å². The lowest BCUT2D eigenvalue weighted by atomic mass is 10.0. The van der Waals surface area contributed by atoms with Crippen LogP contribution in [0, 0.1) is 6.92 Å². The molecule has 0 amide bonds. The number of carbonyl (C=O) groups excluding carboxylic acids is 1. The molecule has 0 radical (unpaired) electrons. The molecule has 0 aromatic heterocycles. The fourth-order valence-electron chi connectivity index (χ4n) is 2.63. The summed E-state index contributed by atoms with van der Waals surface area (Å²) in [4.78, 5) is 11.9. The lowest BCUT2D eigenvalue weighted by Crippen LogP contribution is -2.08. The van der Waals surface area contributed by atoms with Gasteiger partial charge in [-0.15, -0.1) is 0 Å². The number of nitrogens with two attached hydrogens (primary N) is 2. The van der Waals surface area contributed by atoms with Gasteiger partial charge in [-0.25, -0.2) is 0 Å². The van der Waals surface area contributed by atoms with Crippen molar-refractivity contribution in [1.82, 2.24) is 0 Å². The van der Waals surface area contributed by atoms with E-state index >= 15 is 0 Å². The third kappa shape index (κ3) is 5.90. The van der Waals surface area contributed by atoms with Gasteiger partial charge >= 0.3 is 0 Å². The van der Waals surface area contributed by atoms with E-state index in [-0.39, 0.29) is 24.0 Å². The van der Waals surface area contributed by atoms with Crippen LogP contribution in [0.1, 0.15) is 34.8 Å². The monoisotopic (exact) mass is 394 g/mol. The lowest BCUT2D eigenvalue weighted by Gasteiger charge is -2.13. The first-order valence-corrected chi connectivity index (χ1v) is 9.16. The van der Waals surface area contributed by atoms with Crippen LogP contribution in [-0.4, -0.2) is 10.9 Å². The quantitative estimate of drug-likeness (QED) is 0.336. The van der Waals surface area contributed by atoms with Crippen molar-refractivity contribution >= 4 is 5.78 Å². The zero-order valence-electron chi connectivity index (χ0n) is 16.6. The summed E-state index contributed by atoms with van der Waals surface area (Å²) in [7, 11) is 0. The molecule has 29 heavy (non-hydrogen) atoms. The molecule has 6 heteroatoms. The van der Waals surface area contributed by atoms with Crippen LogP contribution >= 0.6 is 0 Å². The first-order valence-electron chi connectivity index (χ1n) is 9.16. The molecule has 0 atom stereocenters. The smallest absolute Gasteiger partial charge is 0.192 e. The summed E-state index contributed by atoms with van der Waals surface area (Å²) < 4.78 is 11.4. The van der Waals surface area contributed by atoms with Gasteiger partial charge in [0.05, 0.1) is 5.56 Å². The maximum Gasteiger partial charge on any atom is 0.192 e. The van der Waals surface area contributed by atoms with Crippen molar-refractivity contribution in [2.45, 2.75) is 26.9 Å². The highest BCUT2D eigenvalue weighted by atomic mass is 16.5. The third-order valence-electron chi connectivity index (χ3n) is 4.15. The van der Waals surface area contributed by atoms with Gasteiger partial charge in [0.25, 0.3) is 0 Å². The number of ether oxygens (including phenoxy) is 2. The Morgan fingerprint density at radius 2 is 2.00 bits per heavy atom. The second-order valence-corrected chi connectivity index (χ2v) is 6.35. The molecule has 152 valence electrons. The van der Waals surface area contributed by atoms with Gasteiger partial charge in [-0.05, 0) is 42.8 Å². The molecule has 0 saturated carbocycles. The molecule has 0 aliphatic carbocycles. The van der Waals surface area contributed by atoms with Crippen molar-refractivity contribution in [2.24, 2.45) is 11.5 Å². The number of benzene rings is 2. The van der Waals surface area contributed by atoms with E-state index in [9.17, 15) is 9.90 Å². The third-order valence-corrected chi connectivity index (χ3v) is 4.15. The van der Waals surface area contributed by atoms with Crippen molar-refractivity contribution < 1.29 is 19.4 Å². The number of rotatable bonds is 9. The molecule has 5 N–H and O–H groups in total. The van der Waals surface area contributed by atoms with Crippen molar-refractivity contribution in [3.8, 4) is 17.2 Å². The molecule has 0 spiro atoms. The predicted octanol–water partition coefficient (Wildman–Crippen LogP) is 4.08. The van der Waals surface area contributed by atoms with E-state index in [1.54, 1.807) is 50.3 Å². The minimum absolute atomic E-state index is 0.0467. The summed E-state index contributed by atoms with van der Waals surface area (Å²) in [5, 5.41) is 10.3.